The zero-order valence-electron chi connectivity index (χ0n) is 12.0. The van der Waals surface area contributed by atoms with E-state index in [0.29, 0.717) is 0 Å². The van der Waals surface area contributed by atoms with Gasteiger partial charge in [0.1, 0.15) is 5.71 Å². The number of nitrogens with zero attached hydrogens (tertiary/aromatic N) is 1. The number of fused-ring (bicyclic) bond motifs is 2. The van der Waals surface area contributed by atoms with Crippen LogP contribution in [-0.4, -0.2) is 23.4 Å². The van der Waals surface area contributed by atoms with Crippen LogP contribution in [0.25, 0.3) is 0 Å². The summed E-state index contributed by atoms with van der Waals surface area (Å²) in [5.74, 6) is -0.639. The van der Waals surface area contributed by atoms with E-state index in [2.05, 4.69) is 17.3 Å². The van der Waals surface area contributed by atoms with Crippen LogP contribution in [0.2, 0.25) is 0 Å². The summed E-state index contributed by atoms with van der Waals surface area (Å²) in [4.78, 5) is 16.2. The number of aryl methyl sites for hydroxylation is 2. The van der Waals surface area contributed by atoms with Crippen LogP contribution in [0.1, 0.15) is 22.3 Å². The van der Waals surface area contributed by atoms with Crippen LogP contribution in [-0.2, 0) is 22.5 Å². The molecule has 0 fully saturated rings. The predicted octanol–water partition coefficient (Wildman–Crippen LogP) is 2.06. The molecule has 2 N–H and O–H groups in total. The molecule has 0 saturated carbocycles. The van der Waals surface area contributed by atoms with Crippen LogP contribution in [0, 0.1) is 0 Å². The highest BCUT2D eigenvalue weighted by molar-refractivity contribution is 6.14. The van der Waals surface area contributed by atoms with Crippen molar-refractivity contribution in [2.45, 2.75) is 12.8 Å². The molecule has 0 spiro atoms. The largest absolute Gasteiger partial charge is 0.385 e. The second-order valence-corrected chi connectivity index (χ2v) is 5.06. The Morgan fingerprint density at radius 3 is 2.14 bits per heavy atom. The molecule has 0 unspecified atom stereocenters. The van der Waals surface area contributed by atoms with Gasteiger partial charge in [-0.25, -0.2) is 5.48 Å². The van der Waals surface area contributed by atoms with Gasteiger partial charge in [0.15, 0.2) is 6.61 Å². The van der Waals surface area contributed by atoms with Gasteiger partial charge in [0.05, 0.1) is 0 Å². The van der Waals surface area contributed by atoms with Gasteiger partial charge in [-0.1, -0.05) is 53.7 Å². The average Bonchev–Trinajstić information content (AvgIpc) is 2.72. The summed E-state index contributed by atoms with van der Waals surface area (Å²) < 4.78 is 0. The van der Waals surface area contributed by atoms with Gasteiger partial charge in [0, 0.05) is 11.1 Å². The molecular formula is C17H16N2O3. The van der Waals surface area contributed by atoms with Crippen LogP contribution >= 0.6 is 0 Å². The molecule has 22 heavy (non-hydrogen) atoms. The average molecular weight is 296 g/mol. The zero-order chi connectivity index (χ0) is 15.4. The highest BCUT2D eigenvalue weighted by Crippen LogP contribution is 2.25. The lowest BCUT2D eigenvalue weighted by Gasteiger charge is -2.09. The first-order chi connectivity index (χ1) is 10.8. The van der Waals surface area contributed by atoms with E-state index in [0.717, 1.165) is 29.7 Å². The Morgan fingerprint density at radius 1 is 1.05 bits per heavy atom. The molecule has 1 amide bonds. The van der Waals surface area contributed by atoms with E-state index in [-0.39, 0.29) is 6.61 Å². The molecule has 0 bridgehead atoms. The highest BCUT2D eigenvalue weighted by Gasteiger charge is 2.19. The van der Waals surface area contributed by atoms with Gasteiger partial charge in [-0.2, -0.15) is 0 Å². The molecule has 0 heterocycles. The number of carbonyl (C=O) groups is 1. The first-order valence-electron chi connectivity index (χ1n) is 7.09. The van der Waals surface area contributed by atoms with E-state index in [4.69, 9.17) is 10.0 Å². The van der Waals surface area contributed by atoms with E-state index in [1.807, 2.05) is 36.4 Å². The number of amides is 1. The van der Waals surface area contributed by atoms with Crippen molar-refractivity contribution in [1.29, 1.82) is 0 Å². The molecule has 3 rings (SSSR count). The van der Waals surface area contributed by atoms with Gasteiger partial charge in [-0.15, -0.1) is 0 Å². The maximum Gasteiger partial charge on any atom is 0.284 e. The lowest BCUT2D eigenvalue weighted by molar-refractivity contribution is -0.133. The maximum absolute atomic E-state index is 11.1. The number of benzene rings is 2. The monoisotopic (exact) mass is 296 g/mol. The summed E-state index contributed by atoms with van der Waals surface area (Å²) in [6.07, 6.45) is 1.87. The van der Waals surface area contributed by atoms with Crippen LogP contribution in [0.3, 0.4) is 0 Å². The number of nitrogens with one attached hydrogen (secondary N) is 1. The van der Waals surface area contributed by atoms with E-state index >= 15 is 0 Å². The lowest BCUT2D eigenvalue weighted by atomic mass is 9.98. The van der Waals surface area contributed by atoms with Crippen LogP contribution in [0.4, 0.5) is 0 Å². The third kappa shape index (κ3) is 2.84. The molecule has 0 aromatic heterocycles. The van der Waals surface area contributed by atoms with Gasteiger partial charge in [-0.05, 0) is 24.0 Å². The Morgan fingerprint density at radius 2 is 1.59 bits per heavy atom. The third-order valence-corrected chi connectivity index (χ3v) is 3.68. The van der Waals surface area contributed by atoms with Crippen molar-refractivity contribution < 1.29 is 14.8 Å². The lowest BCUT2D eigenvalue weighted by Crippen LogP contribution is -2.23. The number of hydrogen-bond acceptors (Lipinski definition) is 4. The summed E-state index contributed by atoms with van der Waals surface area (Å²) in [7, 11) is 0. The molecule has 0 aliphatic heterocycles. The van der Waals surface area contributed by atoms with Crippen molar-refractivity contribution in [3.05, 3.63) is 70.8 Å². The van der Waals surface area contributed by atoms with Gasteiger partial charge >= 0.3 is 0 Å². The topological polar surface area (TPSA) is 70.9 Å². The predicted molar refractivity (Wildman–Crippen MR) is 81.8 cm³/mol. The van der Waals surface area contributed by atoms with Crippen molar-refractivity contribution in [3.63, 3.8) is 0 Å². The fourth-order valence-corrected chi connectivity index (χ4v) is 2.64. The number of rotatable bonds is 3. The van der Waals surface area contributed by atoms with Crippen molar-refractivity contribution in [3.8, 4) is 0 Å². The Labute approximate surface area is 128 Å². The number of carbonyl (C=O) groups excluding carboxylic acids is 1. The molecular weight excluding hydrogens is 280 g/mol. The molecule has 5 nitrogen and oxygen atoms in total. The van der Waals surface area contributed by atoms with Gasteiger partial charge in [0.25, 0.3) is 5.91 Å². The van der Waals surface area contributed by atoms with Crippen molar-refractivity contribution in [2.75, 3.05) is 6.61 Å². The Balaban J connectivity index is 2.02. The van der Waals surface area contributed by atoms with Gasteiger partial charge in [-0.3, -0.25) is 10.0 Å². The molecule has 112 valence electrons. The minimum atomic E-state index is -0.639. The molecule has 0 radical (unpaired) electrons. The number of hydrogen-bond donors (Lipinski definition) is 2. The molecule has 0 saturated heterocycles. The van der Waals surface area contributed by atoms with Gasteiger partial charge < -0.3 is 4.84 Å². The third-order valence-electron chi connectivity index (χ3n) is 3.68. The van der Waals surface area contributed by atoms with Crippen molar-refractivity contribution in [1.82, 2.24) is 5.48 Å². The summed E-state index contributed by atoms with van der Waals surface area (Å²) in [6.45, 7) is -0.329. The minimum absolute atomic E-state index is 0.329. The van der Waals surface area contributed by atoms with Crippen LogP contribution in [0.5, 0.6) is 0 Å². The molecule has 1 aliphatic carbocycles. The fourth-order valence-electron chi connectivity index (χ4n) is 2.64. The van der Waals surface area contributed by atoms with E-state index in [9.17, 15) is 4.79 Å². The summed E-state index contributed by atoms with van der Waals surface area (Å²) in [6, 6.07) is 16.1. The Hall–Kier alpha value is -2.66. The Kier molecular flexibility index (Phi) is 4.16. The second-order valence-electron chi connectivity index (χ2n) is 5.06. The zero-order valence-corrected chi connectivity index (χ0v) is 12.0. The normalized spacial score (nSPS) is 12.7. The first-order valence-corrected chi connectivity index (χ1v) is 7.09. The molecule has 0 atom stereocenters. The highest BCUT2D eigenvalue weighted by atomic mass is 16.6. The first kappa shape index (κ1) is 14.3. The SMILES string of the molecule is O=C(CON=C1c2ccccc2CCc2ccccc21)NO. The second kappa shape index (κ2) is 6.41. The smallest absolute Gasteiger partial charge is 0.284 e. The van der Waals surface area contributed by atoms with E-state index in [1.165, 1.54) is 16.6 Å². The van der Waals surface area contributed by atoms with E-state index in [1.54, 1.807) is 0 Å². The quantitative estimate of drug-likeness (QED) is 0.673. The maximum atomic E-state index is 11.1. The molecule has 2 aromatic rings. The summed E-state index contributed by atoms with van der Waals surface area (Å²) in [5.41, 5.74) is 6.66. The van der Waals surface area contributed by atoms with Gasteiger partial charge in [0.2, 0.25) is 0 Å². The van der Waals surface area contributed by atoms with Crippen LogP contribution < -0.4 is 5.48 Å². The fraction of sp³-hybridized carbons (Fsp3) is 0.176. The molecule has 1 aliphatic rings. The minimum Gasteiger partial charge on any atom is -0.385 e. The standard InChI is InChI=1S/C17H16N2O3/c20-16(18-21)11-22-19-17-14-7-3-1-5-12(14)9-10-13-6-2-4-8-15(13)17/h1-8,21H,9-11H2,(H,18,20). The number of hydroxylamine groups is 1. The number of oxime groups is 1. The van der Waals surface area contributed by atoms with Crippen molar-refractivity contribution >= 4 is 11.6 Å². The summed E-state index contributed by atoms with van der Waals surface area (Å²) in [5, 5.41) is 12.7. The van der Waals surface area contributed by atoms with Crippen LogP contribution in [0.15, 0.2) is 53.7 Å². The van der Waals surface area contributed by atoms with E-state index < -0.39 is 5.91 Å². The Bertz CT molecular complexity index is 676. The van der Waals surface area contributed by atoms with Crippen molar-refractivity contribution in [2.24, 2.45) is 5.16 Å². The summed E-state index contributed by atoms with van der Waals surface area (Å²) >= 11 is 0. The molecule has 2 aromatic carbocycles. The molecule has 5 heteroatoms.